The van der Waals surface area contributed by atoms with E-state index < -0.39 is 0 Å². The molecule has 1 heterocycles. The van der Waals surface area contributed by atoms with Crippen molar-refractivity contribution in [2.45, 2.75) is 0 Å². The fourth-order valence-electron chi connectivity index (χ4n) is 6.91. The molecule has 210 valence electrons. The van der Waals surface area contributed by atoms with Crippen LogP contribution in [0.15, 0.2) is 168 Å². The van der Waals surface area contributed by atoms with Gasteiger partial charge in [-0.2, -0.15) is 0 Å². The third-order valence-corrected chi connectivity index (χ3v) is 9.01. The molecule has 8 aromatic carbocycles. The molecule has 0 aliphatic heterocycles. The van der Waals surface area contributed by atoms with Gasteiger partial charge >= 0.3 is 0 Å². The molecule has 0 amide bonds. The average Bonchev–Trinajstić information content (AvgIpc) is 3.60. The van der Waals surface area contributed by atoms with Crippen molar-refractivity contribution in [1.29, 1.82) is 0 Å². The van der Waals surface area contributed by atoms with Gasteiger partial charge in [-0.15, -0.1) is 0 Å². The second-order valence-electron chi connectivity index (χ2n) is 11.5. The van der Waals surface area contributed by atoms with E-state index in [9.17, 15) is 0 Å². The Bertz CT molecular complexity index is 2370. The predicted molar refractivity (Wildman–Crippen MR) is 188 cm³/mol. The number of oxazole rings is 1. The zero-order chi connectivity index (χ0) is 29.7. The van der Waals surface area contributed by atoms with Gasteiger partial charge in [0.15, 0.2) is 5.76 Å². The minimum Gasteiger partial charge on any atom is -0.436 e. The van der Waals surface area contributed by atoms with E-state index in [4.69, 9.17) is 9.40 Å². The van der Waals surface area contributed by atoms with Crippen molar-refractivity contribution < 1.29 is 4.42 Å². The lowest BCUT2D eigenvalue weighted by atomic mass is 9.91. The summed E-state index contributed by atoms with van der Waals surface area (Å²) in [6.07, 6.45) is 1.86. The van der Waals surface area contributed by atoms with Gasteiger partial charge < -0.3 is 4.42 Å². The summed E-state index contributed by atoms with van der Waals surface area (Å²) in [6, 6.07) is 56.0. The van der Waals surface area contributed by atoms with Crippen molar-refractivity contribution in [3.63, 3.8) is 0 Å². The van der Waals surface area contributed by atoms with Gasteiger partial charge in [-0.05, 0) is 77.5 Å². The summed E-state index contributed by atoms with van der Waals surface area (Å²) in [6.45, 7) is 0. The molecule has 0 bridgehead atoms. The van der Waals surface area contributed by atoms with E-state index in [2.05, 4.69) is 158 Å². The molecule has 2 heteroatoms. The normalized spacial score (nSPS) is 11.6. The Morgan fingerprint density at radius 3 is 1.24 bits per heavy atom. The van der Waals surface area contributed by atoms with Crippen LogP contribution in [0.5, 0.6) is 0 Å². The average molecular weight is 574 g/mol. The van der Waals surface area contributed by atoms with Gasteiger partial charge in [0.25, 0.3) is 0 Å². The molecule has 2 nitrogen and oxygen atoms in total. The van der Waals surface area contributed by atoms with E-state index in [1.165, 1.54) is 54.6 Å². The first-order valence-electron chi connectivity index (χ1n) is 15.3. The van der Waals surface area contributed by atoms with Crippen LogP contribution in [0, 0.1) is 0 Å². The maximum absolute atomic E-state index is 6.59. The molecule has 0 N–H and O–H groups in total. The highest BCUT2D eigenvalue weighted by molar-refractivity contribution is 6.10. The van der Waals surface area contributed by atoms with Crippen LogP contribution in [0.2, 0.25) is 0 Å². The number of hydrogen-bond donors (Lipinski definition) is 0. The zero-order valence-electron chi connectivity index (χ0n) is 24.4. The van der Waals surface area contributed by atoms with E-state index in [1.807, 2.05) is 6.20 Å². The van der Waals surface area contributed by atoms with E-state index >= 15 is 0 Å². The van der Waals surface area contributed by atoms with Crippen LogP contribution >= 0.6 is 0 Å². The molecule has 0 aliphatic rings. The van der Waals surface area contributed by atoms with Gasteiger partial charge in [0.1, 0.15) is 0 Å². The maximum atomic E-state index is 6.59. The Morgan fingerprint density at radius 2 is 0.689 bits per heavy atom. The topological polar surface area (TPSA) is 26.0 Å². The molecule has 0 spiro atoms. The van der Waals surface area contributed by atoms with Crippen LogP contribution in [0.25, 0.3) is 88.1 Å². The Hall–Kier alpha value is -5.99. The second-order valence-corrected chi connectivity index (χ2v) is 11.5. The van der Waals surface area contributed by atoms with Crippen LogP contribution in [0.4, 0.5) is 0 Å². The summed E-state index contributed by atoms with van der Waals surface area (Å²) < 4.78 is 6.59. The van der Waals surface area contributed by atoms with Crippen molar-refractivity contribution >= 4 is 43.1 Å². The van der Waals surface area contributed by atoms with Gasteiger partial charge in [-0.25, -0.2) is 4.98 Å². The quantitative estimate of drug-likeness (QED) is 0.209. The predicted octanol–water partition coefficient (Wildman–Crippen LogP) is 12.0. The Balaban J connectivity index is 1.17. The van der Waals surface area contributed by atoms with Crippen LogP contribution in [0.3, 0.4) is 0 Å². The smallest absolute Gasteiger partial charge is 0.227 e. The number of benzene rings is 8. The highest BCUT2D eigenvalue weighted by atomic mass is 16.4. The zero-order valence-corrected chi connectivity index (χ0v) is 24.4. The molecule has 0 fully saturated rings. The molecule has 0 radical (unpaired) electrons. The van der Waals surface area contributed by atoms with Crippen molar-refractivity contribution in [2.24, 2.45) is 0 Å². The fraction of sp³-hybridized carbons (Fsp3) is 0. The molecule has 0 atom stereocenters. The third-order valence-electron chi connectivity index (χ3n) is 9.01. The summed E-state index contributed by atoms with van der Waals surface area (Å²) in [7, 11) is 0. The highest BCUT2D eigenvalue weighted by Crippen LogP contribution is 2.41. The molecule has 9 aromatic rings. The van der Waals surface area contributed by atoms with Gasteiger partial charge in [-0.1, -0.05) is 146 Å². The maximum Gasteiger partial charge on any atom is 0.227 e. The number of fused-ring (bicyclic) bond motifs is 4. The summed E-state index contributed by atoms with van der Waals surface area (Å²) in [4.78, 5) is 4.83. The molecular formula is C43H27NO. The van der Waals surface area contributed by atoms with Crippen molar-refractivity contribution in [3.8, 4) is 45.0 Å². The van der Waals surface area contributed by atoms with E-state index in [-0.39, 0.29) is 0 Å². The Labute approximate surface area is 260 Å². The third kappa shape index (κ3) is 4.15. The minimum absolute atomic E-state index is 0.618. The van der Waals surface area contributed by atoms with E-state index in [0.29, 0.717) is 5.89 Å². The van der Waals surface area contributed by atoms with E-state index in [1.54, 1.807) is 0 Å². The summed E-state index contributed by atoms with van der Waals surface area (Å²) in [5, 5.41) is 9.59. The molecule has 45 heavy (non-hydrogen) atoms. The van der Waals surface area contributed by atoms with Crippen LogP contribution in [-0.2, 0) is 0 Å². The van der Waals surface area contributed by atoms with Crippen molar-refractivity contribution in [2.75, 3.05) is 0 Å². The van der Waals surface area contributed by atoms with Crippen LogP contribution < -0.4 is 0 Å². The number of aromatic nitrogens is 1. The molecule has 0 unspecified atom stereocenters. The molecular weight excluding hydrogens is 546 g/mol. The number of hydrogen-bond acceptors (Lipinski definition) is 2. The highest BCUT2D eigenvalue weighted by Gasteiger charge is 2.18. The van der Waals surface area contributed by atoms with Crippen LogP contribution in [0.1, 0.15) is 0 Å². The Kier molecular flexibility index (Phi) is 5.85. The molecule has 9 rings (SSSR count). The summed E-state index contributed by atoms with van der Waals surface area (Å²) in [5.41, 5.74) is 6.88. The largest absolute Gasteiger partial charge is 0.436 e. The summed E-state index contributed by atoms with van der Waals surface area (Å²) in [5.74, 6) is 1.38. The molecule has 0 aliphatic carbocycles. The lowest BCUT2D eigenvalue weighted by Gasteiger charge is -2.13. The number of rotatable bonds is 4. The Morgan fingerprint density at radius 1 is 0.311 bits per heavy atom. The first-order valence-corrected chi connectivity index (χ1v) is 15.3. The lowest BCUT2D eigenvalue weighted by molar-refractivity contribution is 0.590. The monoisotopic (exact) mass is 573 g/mol. The van der Waals surface area contributed by atoms with E-state index in [0.717, 1.165) is 27.7 Å². The summed E-state index contributed by atoms with van der Waals surface area (Å²) >= 11 is 0. The second kappa shape index (κ2) is 10.3. The molecule has 1 aromatic heterocycles. The van der Waals surface area contributed by atoms with Crippen LogP contribution in [-0.4, -0.2) is 4.98 Å². The first-order chi connectivity index (χ1) is 22.3. The SMILES string of the molecule is c1ccc2c(-c3ccc(-c4cnc(-c5ccc(-c6cccc7ccccc67)c6ccccc56)o4)c4ccccc34)cccc2c1. The van der Waals surface area contributed by atoms with Crippen molar-refractivity contribution in [3.05, 3.63) is 164 Å². The standard InChI is InChI=1S/C43H27NO/c1-3-15-30-28(11-1)13-9-21-32(30)38-23-25-40(36-19-7-5-17-34(36)38)42-27-44-43(45-42)41-26-24-39(35-18-6-8-20-37(35)41)33-22-10-14-29-12-2-4-16-31(29)33/h1-27H. The lowest BCUT2D eigenvalue weighted by Crippen LogP contribution is -1.87. The van der Waals surface area contributed by atoms with Crippen molar-refractivity contribution in [1.82, 2.24) is 4.98 Å². The van der Waals surface area contributed by atoms with Gasteiger partial charge in [0, 0.05) is 11.1 Å². The molecule has 0 saturated heterocycles. The van der Waals surface area contributed by atoms with Gasteiger partial charge in [0.05, 0.1) is 6.20 Å². The minimum atomic E-state index is 0.618. The fourth-order valence-corrected chi connectivity index (χ4v) is 6.91. The first kappa shape index (κ1) is 25.5. The van der Waals surface area contributed by atoms with Gasteiger partial charge in [-0.3, -0.25) is 0 Å². The number of nitrogens with zero attached hydrogens (tertiary/aromatic N) is 1. The molecule has 0 saturated carbocycles. The van der Waals surface area contributed by atoms with Gasteiger partial charge in [0.2, 0.25) is 5.89 Å².